The number of thiazole rings is 1. The summed E-state index contributed by atoms with van der Waals surface area (Å²) in [5, 5.41) is 4.46. The first-order chi connectivity index (χ1) is 14.1. The van der Waals surface area contributed by atoms with E-state index in [0.717, 1.165) is 5.56 Å². The van der Waals surface area contributed by atoms with Crippen molar-refractivity contribution in [2.45, 2.75) is 6.92 Å². The fourth-order valence-corrected chi connectivity index (χ4v) is 3.73. The smallest absolute Gasteiger partial charge is 0.340 e. The standard InChI is InChI=1S/C21H16FN3O3S/c1-2-28-20(27)15-5-3-4-6-16(15)23-19(26)18-12-29-21-24-17(11-25(18)21)13-7-9-14(22)10-8-13/h3-12H,2H2,1H3,(H,23,26). The summed E-state index contributed by atoms with van der Waals surface area (Å²) in [7, 11) is 0. The van der Waals surface area contributed by atoms with Crippen molar-refractivity contribution in [3.63, 3.8) is 0 Å². The topological polar surface area (TPSA) is 72.7 Å². The summed E-state index contributed by atoms with van der Waals surface area (Å²) >= 11 is 1.32. The molecule has 0 aliphatic carbocycles. The van der Waals surface area contributed by atoms with Crippen LogP contribution in [0.25, 0.3) is 16.2 Å². The molecule has 0 saturated heterocycles. The minimum atomic E-state index is -0.500. The summed E-state index contributed by atoms with van der Waals surface area (Å²) in [4.78, 5) is 30.1. The number of para-hydroxylation sites is 1. The molecular weight excluding hydrogens is 393 g/mol. The highest BCUT2D eigenvalue weighted by Crippen LogP contribution is 2.25. The Hall–Kier alpha value is -3.52. The zero-order valence-electron chi connectivity index (χ0n) is 15.4. The molecule has 0 aliphatic heterocycles. The van der Waals surface area contributed by atoms with E-state index in [-0.39, 0.29) is 23.9 Å². The molecule has 8 heteroatoms. The first-order valence-corrected chi connectivity index (χ1v) is 9.75. The summed E-state index contributed by atoms with van der Waals surface area (Å²) in [6, 6.07) is 12.7. The van der Waals surface area contributed by atoms with Crippen LogP contribution in [0.1, 0.15) is 27.8 Å². The first-order valence-electron chi connectivity index (χ1n) is 8.87. The molecule has 146 valence electrons. The van der Waals surface area contributed by atoms with E-state index in [0.29, 0.717) is 22.0 Å². The van der Waals surface area contributed by atoms with Crippen molar-refractivity contribution in [1.82, 2.24) is 9.38 Å². The van der Waals surface area contributed by atoms with Crippen LogP contribution in [0.15, 0.2) is 60.1 Å². The number of esters is 1. The minimum absolute atomic E-state index is 0.244. The Balaban J connectivity index is 1.63. The number of halogens is 1. The SMILES string of the molecule is CCOC(=O)c1ccccc1NC(=O)c1csc2nc(-c3ccc(F)cc3)cn12. The van der Waals surface area contributed by atoms with Crippen LogP contribution < -0.4 is 5.32 Å². The van der Waals surface area contributed by atoms with Crippen molar-refractivity contribution < 1.29 is 18.7 Å². The zero-order valence-corrected chi connectivity index (χ0v) is 16.2. The average molecular weight is 409 g/mol. The molecule has 1 N–H and O–H groups in total. The van der Waals surface area contributed by atoms with Crippen molar-refractivity contribution in [3.8, 4) is 11.3 Å². The molecule has 4 aromatic rings. The molecule has 0 saturated carbocycles. The summed E-state index contributed by atoms with van der Waals surface area (Å²) in [6.45, 7) is 1.96. The average Bonchev–Trinajstić information content (AvgIpc) is 3.30. The second-order valence-electron chi connectivity index (χ2n) is 6.13. The van der Waals surface area contributed by atoms with Gasteiger partial charge in [-0.25, -0.2) is 14.2 Å². The van der Waals surface area contributed by atoms with E-state index < -0.39 is 5.97 Å². The number of aromatic nitrogens is 2. The Morgan fingerprint density at radius 2 is 1.93 bits per heavy atom. The number of imidazole rings is 1. The third-order valence-electron chi connectivity index (χ3n) is 4.25. The lowest BCUT2D eigenvalue weighted by Gasteiger charge is -2.09. The number of anilines is 1. The predicted octanol–water partition coefficient (Wildman–Crippen LogP) is 4.63. The number of benzene rings is 2. The number of ether oxygens (including phenoxy) is 1. The molecule has 0 bridgehead atoms. The van der Waals surface area contributed by atoms with E-state index in [4.69, 9.17) is 4.74 Å². The molecule has 0 spiro atoms. The van der Waals surface area contributed by atoms with E-state index in [1.54, 1.807) is 59.3 Å². The summed E-state index contributed by atoms with van der Waals surface area (Å²) in [5.41, 5.74) is 2.42. The Morgan fingerprint density at radius 3 is 2.69 bits per heavy atom. The van der Waals surface area contributed by atoms with Gasteiger partial charge in [0.15, 0.2) is 4.96 Å². The lowest BCUT2D eigenvalue weighted by molar-refractivity contribution is 0.0527. The third kappa shape index (κ3) is 3.74. The Kier molecular flexibility index (Phi) is 5.09. The van der Waals surface area contributed by atoms with Crippen LogP contribution in [0, 0.1) is 5.82 Å². The molecule has 6 nitrogen and oxygen atoms in total. The van der Waals surface area contributed by atoms with Gasteiger partial charge in [0, 0.05) is 17.1 Å². The fraction of sp³-hybridized carbons (Fsp3) is 0.0952. The first kappa shape index (κ1) is 18.8. The van der Waals surface area contributed by atoms with Gasteiger partial charge in [0.05, 0.1) is 23.6 Å². The lowest BCUT2D eigenvalue weighted by atomic mass is 10.1. The lowest BCUT2D eigenvalue weighted by Crippen LogP contribution is -2.17. The van der Waals surface area contributed by atoms with E-state index in [2.05, 4.69) is 10.3 Å². The molecule has 0 atom stereocenters. The highest BCUT2D eigenvalue weighted by molar-refractivity contribution is 7.15. The van der Waals surface area contributed by atoms with Gasteiger partial charge in [-0.1, -0.05) is 12.1 Å². The van der Waals surface area contributed by atoms with Crippen molar-refractivity contribution >= 4 is 33.9 Å². The van der Waals surface area contributed by atoms with E-state index in [9.17, 15) is 14.0 Å². The fourth-order valence-electron chi connectivity index (χ4n) is 2.87. The number of amides is 1. The van der Waals surface area contributed by atoms with Gasteiger partial charge in [-0.15, -0.1) is 11.3 Å². The maximum absolute atomic E-state index is 13.2. The second-order valence-corrected chi connectivity index (χ2v) is 6.96. The Labute approximate surface area is 169 Å². The molecule has 2 aromatic carbocycles. The zero-order chi connectivity index (χ0) is 20.4. The van der Waals surface area contributed by atoms with Crippen LogP contribution in [-0.4, -0.2) is 27.9 Å². The number of fused-ring (bicyclic) bond motifs is 1. The quantitative estimate of drug-likeness (QED) is 0.488. The largest absolute Gasteiger partial charge is 0.462 e. The van der Waals surface area contributed by atoms with Crippen LogP contribution in [0.3, 0.4) is 0 Å². The van der Waals surface area contributed by atoms with Crippen molar-refractivity contribution in [2.24, 2.45) is 0 Å². The maximum atomic E-state index is 13.2. The van der Waals surface area contributed by atoms with Gasteiger partial charge in [0.1, 0.15) is 11.5 Å². The molecular formula is C21H16FN3O3S. The molecule has 0 fully saturated rings. The number of rotatable bonds is 5. The molecule has 0 unspecified atom stereocenters. The molecule has 1 amide bonds. The number of hydrogen-bond acceptors (Lipinski definition) is 5. The van der Waals surface area contributed by atoms with Crippen LogP contribution in [0.5, 0.6) is 0 Å². The molecule has 2 heterocycles. The van der Waals surface area contributed by atoms with Gasteiger partial charge in [-0.2, -0.15) is 0 Å². The number of carbonyl (C=O) groups excluding carboxylic acids is 2. The van der Waals surface area contributed by atoms with Crippen LogP contribution in [0.2, 0.25) is 0 Å². The molecule has 4 rings (SSSR count). The van der Waals surface area contributed by atoms with E-state index in [1.807, 2.05) is 0 Å². The van der Waals surface area contributed by atoms with Crippen molar-refractivity contribution in [2.75, 3.05) is 11.9 Å². The summed E-state index contributed by atoms with van der Waals surface area (Å²) in [6.07, 6.45) is 1.73. The second kappa shape index (κ2) is 7.84. The maximum Gasteiger partial charge on any atom is 0.340 e. The highest BCUT2D eigenvalue weighted by Gasteiger charge is 2.18. The van der Waals surface area contributed by atoms with Crippen molar-refractivity contribution in [3.05, 3.63) is 77.2 Å². The number of hydrogen-bond donors (Lipinski definition) is 1. The molecule has 0 radical (unpaired) electrons. The van der Waals surface area contributed by atoms with Gasteiger partial charge in [0.25, 0.3) is 5.91 Å². The molecule has 29 heavy (non-hydrogen) atoms. The molecule has 2 aromatic heterocycles. The number of nitrogens with one attached hydrogen (secondary N) is 1. The Bertz CT molecular complexity index is 1200. The van der Waals surface area contributed by atoms with Crippen LogP contribution in [0.4, 0.5) is 10.1 Å². The Morgan fingerprint density at radius 1 is 1.17 bits per heavy atom. The van der Waals surface area contributed by atoms with Crippen LogP contribution >= 0.6 is 11.3 Å². The number of carbonyl (C=O) groups is 2. The molecule has 0 aliphatic rings. The number of nitrogens with zero attached hydrogens (tertiary/aromatic N) is 2. The monoisotopic (exact) mass is 409 g/mol. The minimum Gasteiger partial charge on any atom is -0.462 e. The summed E-state index contributed by atoms with van der Waals surface area (Å²) in [5.74, 6) is -1.20. The van der Waals surface area contributed by atoms with Gasteiger partial charge in [-0.3, -0.25) is 9.20 Å². The highest BCUT2D eigenvalue weighted by atomic mass is 32.1. The predicted molar refractivity (Wildman–Crippen MR) is 109 cm³/mol. The van der Waals surface area contributed by atoms with Gasteiger partial charge in [-0.05, 0) is 43.3 Å². The van der Waals surface area contributed by atoms with Gasteiger partial charge >= 0.3 is 5.97 Å². The van der Waals surface area contributed by atoms with Gasteiger partial charge in [0.2, 0.25) is 0 Å². The normalized spacial score (nSPS) is 10.8. The third-order valence-corrected chi connectivity index (χ3v) is 5.09. The van der Waals surface area contributed by atoms with Crippen molar-refractivity contribution in [1.29, 1.82) is 0 Å². The van der Waals surface area contributed by atoms with E-state index in [1.165, 1.54) is 23.5 Å². The van der Waals surface area contributed by atoms with Crippen LogP contribution in [-0.2, 0) is 4.74 Å². The van der Waals surface area contributed by atoms with E-state index >= 15 is 0 Å². The summed E-state index contributed by atoms with van der Waals surface area (Å²) < 4.78 is 19.9. The van der Waals surface area contributed by atoms with Gasteiger partial charge < -0.3 is 10.1 Å².